The molecule has 2 N–H and O–H groups in total. The molecule has 0 saturated carbocycles. The van der Waals surface area contributed by atoms with E-state index in [4.69, 9.17) is 0 Å². The van der Waals surface area contributed by atoms with Crippen LogP contribution in [0.5, 0.6) is 5.75 Å². The van der Waals surface area contributed by atoms with Crippen LogP contribution in [0.2, 0.25) is 0 Å². The molecule has 0 spiro atoms. The number of fused-ring (bicyclic) bond motifs is 1. The molecule has 0 fully saturated rings. The zero-order valence-corrected chi connectivity index (χ0v) is 12.9. The number of phenols is 1. The highest BCUT2D eigenvalue weighted by molar-refractivity contribution is 14.1. The molecule has 0 aliphatic heterocycles. The van der Waals surface area contributed by atoms with E-state index < -0.39 is 0 Å². The molecule has 1 heterocycles. The van der Waals surface area contributed by atoms with E-state index in [2.05, 4.69) is 48.5 Å². The summed E-state index contributed by atoms with van der Waals surface area (Å²) in [5, 5.41) is 9.72. The van der Waals surface area contributed by atoms with Crippen molar-refractivity contribution in [2.75, 3.05) is 0 Å². The lowest BCUT2D eigenvalue weighted by Crippen LogP contribution is -1.81. The molecule has 1 aromatic heterocycles. The molecule has 90 valence electrons. The van der Waals surface area contributed by atoms with Crippen LogP contribution in [0, 0.1) is 3.57 Å². The lowest BCUT2D eigenvalue weighted by atomic mass is 10.2. The van der Waals surface area contributed by atoms with E-state index in [1.165, 1.54) is 0 Å². The summed E-state index contributed by atoms with van der Waals surface area (Å²) >= 11 is 5.52. The zero-order valence-electron chi connectivity index (χ0n) is 9.11. The van der Waals surface area contributed by atoms with Crippen LogP contribution in [0.25, 0.3) is 22.4 Å². The van der Waals surface area contributed by atoms with Gasteiger partial charge in [0.1, 0.15) is 11.6 Å². The number of aromatic amines is 1. The highest BCUT2D eigenvalue weighted by Gasteiger charge is 2.07. The van der Waals surface area contributed by atoms with Crippen molar-refractivity contribution in [1.82, 2.24) is 9.97 Å². The number of hydrogen-bond acceptors (Lipinski definition) is 2. The summed E-state index contributed by atoms with van der Waals surface area (Å²) in [4.78, 5) is 7.75. The van der Waals surface area contributed by atoms with Gasteiger partial charge in [-0.2, -0.15) is 0 Å². The monoisotopic (exact) mass is 414 g/mol. The first-order chi connectivity index (χ1) is 8.63. The SMILES string of the molecule is Oc1cc(-c2nc3ccc(Br)cc3[nH]2)ccc1I. The second-order valence-corrected chi connectivity index (χ2v) is 5.99. The summed E-state index contributed by atoms with van der Waals surface area (Å²) in [7, 11) is 0. The molecule has 3 aromatic rings. The molecule has 3 rings (SSSR count). The maximum Gasteiger partial charge on any atom is 0.138 e. The first kappa shape index (κ1) is 12.0. The fourth-order valence-corrected chi connectivity index (χ4v) is 2.48. The minimum absolute atomic E-state index is 0.273. The molecular weight excluding hydrogens is 407 g/mol. The fraction of sp³-hybridized carbons (Fsp3) is 0. The Morgan fingerprint density at radius 2 is 2.00 bits per heavy atom. The maximum absolute atomic E-state index is 9.72. The fourth-order valence-electron chi connectivity index (χ4n) is 1.78. The minimum atomic E-state index is 0.273. The van der Waals surface area contributed by atoms with Crippen LogP contribution >= 0.6 is 38.5 Å². The van der Waals surface area contributed by atoms with Gasteiger partial charge in [0, 0.05) is 10.0 Å². The van der Waals surface area contributed by atoms with Crippen LogP contribution in [-0.2, 0) is 0 Å². The first-order valence-electron chi connectivity index (χ1n) is 5.27. The maximum atomic E-state index is 9.72. The molecule has 18 heavy (non-hydrogen) atoms. The van der Waals surface area contributed by atoms with Crippen LogP contribution in [-0.4, -0.2) is 15.1 Å². The van der Waals surface area contributed by atoms with Crippen molar-refractivity contribution in [3.05, 3.63) is 44.4 Å². The average Bonchev–Trinajstić information content (AvgIpc) is 2.75. The predicted octanol–water partition coefficient (Wildman–Crippen LogP) is 4.30. The van der Waals surface area contributed by atoms with Crippen LogP contribution in [0.1, 0.15) is 0 Å². The lowest BCUT2D eigenvalue weighted by molar-refractivity contribution is 0.471. The first-order valence-corrected chi connectivity index (χ1v) is 7.15. The highest BCUT2D eigenvalue weighted by atomic mass is 127. The van der Waals surface area contributed by atoms with Crippen molar-refractivity contribution in [3.63, 3.8) is 0 Å². The van der Waals surface area contributed by atoms with Crippen molar-refractivity contribution in [3.8, 4) is 17.1 Å². The summed E-state index contributed by atoms with van der Waals surface area (Å²) in [6, 6.07) is 11.4. The molecular formula is C13H8BrIN2O. The topological polar surface area (TPSA) is 48.9 Å². The summed E-state index contributed by atoms with van der Waals surface area (Å²) in [5.74, 6) is 1.03. The Bertz CT molecular complexity index is 739. The van der Waals surface area contributed by atoms with Crippen molar-refractivity contribution in [2.24, 2.45) is 0 Å². The van der Waals surface area contributed by atoms with Gasteiger partial charge in [0.15, 0.2) is 0 Å². The molecule has 0 aliphatic rings. The summed E-state index contributed by atoms with van der Waals surface area (Å²) in [6.07, 6.45) is 0. The van der Waals surface area contributed by atoms with Gasteiger partial charge >= 0.3 is 0 Å². The third kappa shape index (κ3) is 2.12. The Balaban J connectivity index is 2.16. The number of imidazole rings is 1. The van der Waals surface area contributed by atoms with Gasteiger partial charge in [-0.15, -0.1) is 0 Å². The van der Waals surface area contributed by atoms with Gasteiger partial charge in [-0.05, 0) is 59.0 Å². The van der Waals surface area contributed by atoms with E-state index in [1.807, 2.05) is 30.3 Å². The molecule has 2 aromatic carbocycles. The zero-order chi connectivity index (χ0) is 12.7. The van der Waals surface area contributed by atoms with Crippen molar-refractivity contribution in [2.45, 2.75) is 0 Å². The van der Waals surface area contributed by atoms with Gasteiger partial charge in [-0.1, -0.05) is 15.9 Å². The minimum Gasteiger partial charge on any atom is -0.507 e. The second kappa shape index (κ2) is 4.55. The molecule has 5 heteroatoms. The van der Waals surface area contributed by atoms with E-state index in [9.17, 15) is 5.11 Å². The summed E-state index contributed by atoms with van der Waals surface area (Å²) in [6.45, 7) is 0. The second-order valence-electron chi connectivity index (χ2n) is 3.91. The van der Waals surface area contributed by atoms with Crippen molar-refractivity contribution in [1.29, 1.82) is 0 Å². The standard InChI is InChI=1S/C13H8BrIN2O/c14-8-2-4-10-11(6-8)17-13(16-10)7-1-3-9(15)12(18)5-7/h1-6,18H,(H,16,17). The van der Waals surface area contributed by atoms with E-state index in [0.717, 1.165) is 30.5 Å². The van der Waals surface area contributed by atoms with Crippen LogP contribution in [0.3, 0.4) is 0 Å². The van der Waals surface area contributed by atoms with Gasteiger partial charge in [0.05, 0.1) is 14.6 Å². The van der Waals surface area contributed by atoms with E-state index in [1.54, 1.807) is 6.07 Å². The number of rotatable bonds is 1. The van der Waals surface area contributed by atoms with Crippen LogP contribution < -0.4 is 0 Å². The summed E-state index contributed by atoms with van der Waals surface area (Å²) < 4.78 is 1.84. The van der Waals surface area contributed by atoms with Crippen LogP contribution in [0.15, 0.2) is 40.9 Å². The number of hydrogen-bond donors (Lipinski definition) is 2. The normalized spacial score (nSPS) is 11.0. The number of halogens is 2. The third-order valence-electron chi connectivity index (χ3n) is 2.66. The van der Waals surface area contributed by atoms with E-state index >= 15 is 0 Å². The van der Waals surface area contributed by atoms with E-state index in [0.29, 0.717) is 0 Å². The molecule has 0 atom stereocenters. The molecule has 0 amide bonds. The third-order valence-corrected chi connectivity index (χ3v) is 4.07. The Morgan fingerprint density at radius 1 is 1.17 bits per heavy atom. The quantitative estimate of drug-likeness (QED) is 0.583. The smallest absolute Gasteiger partial charge is 0.138 e. The Hall–Kier alpha value is -1.08. The number of benzene rings is 2. The number of aromatic nitrogens is 2. The predicted molar refractivity (Wildman–Crippen MR) is 83.6 cm³/mol. The Kier molecular flexibility index (Phi) is 3.03. The Labute approximate surface area is 126 Å². The van der Waals surface area contributed by atoms with Crippen molar-refractivity contribution >= 4 is 49.6 Å². The molecule has 0 aliphatic carbocycles. The Morgan fingerprint density at radius 3 is 2.78 bits per heavy atom. The lowest BCUT2D eigenvalue weighted by Gasteiger charge is -1.99. The molecule has 0 saturated heterocycles. The average molecular weight is 415 g/mol. The van der Waals surface area contributed by atoms with Gasteiger partial charge in [0.2, 0.25) is 0 Å². The van der Waals surface area contributed by atoms with Gasteiger partial charge < -0.3 is 10.1 Å². The van der Waals surface area contributed by atoms with Crippen LogP contribution in [0.4, 0.5) is 0 Å². The highest BCUT2D eigenvalue weighted by Crippen LogP contribution is 2.27. The molecule has 0 bridgehead atoms. The largest absolute Gasteiger partial charge is 0.507 e. The number of aromatic hydroxyl groups is 1. The van der Waals surface area contributed by atoms with E-state index in [-0.39, 0.29) is 5.75 Å². The number of nitrogens with one attached hydrogen (secondary N) is 1. The number of nitrogens with zero attached hydrogens (tertiary/aromatic N) is 1. The van der Waals surface area contributed by atoms with Gasteiger partial charge in [-0.25, -0.2) is 4.98 Å². The van der Waals surface area contributed by atoms with Crippen molar-refractivity contribution < 1.29 is 5.11 Å². The summed E-state index contributed by atoms with van der Waals surface area (Å²) in [5.41, 5.74) is 2.75. The number of phenolic OH excluding ortho intramolecular Hbond substituents is 1. The van der Waals surface area contributed by atoms with Gasteiger partial charge in [-0.3, -0.25) is 0 Å². The molecule has 3 nitrogen and oxygen atoms in total. The number of H-pyrrole nitrogens is 1. The molecule has 0 unspecified atom stereocenters. The molecule has 0 radical (unpaired) electrons. The van der Waals surface area contributed by atoms with Gasteiger partial charge in [0.25, 0.3) is 0 Å².